The maximum absolute atomic E-state index is 5.84. The van der Waals surface area contributed by atoms with Gasteiger partial charge in [-0.15, -0.1) is 10.2 Å². The maximum Gasteiger partial charge on any atom is 0.205 e. The Bertz CT molecular complexity index is 945. The Hall–Kier alpha value is -2.80. The quantitative estimate of drug-likeness (QED) is 0.476. The number of benzene rings is 1. The molecule has 1 aromatic carbocycles. The fourth-order valence-electron chi connectivity index (χ4n) is 2.51. The molecule has 0 aliphatic heterocycles. The van der Waals surface area contributed by atoms with E-state index in [1.807, 2.05) is 47.0 Å². The normalized spacial score (nSPS) is 11.1. The lowest BCUT2D eigenvalue weighted by atomic mass is 10.2. The van der Waals surface area contributed by atoms with Gasteiger partial charge >= 0.3 is 0 Å². The zero-order valence-electron chi connectivity index (χ0n) is 13.6. The monoisotopic (exact) mass is 352 g/mol. The molecule has 0 saturated heterocycles. The number of furan rings is 1. The summed E-state index contributed by atoms with van der Waals surface area (Å²) in [6.45, 7) is 2.81. The van der Waals surface area contributed by atoms with E-state index in [0.717, 1.165) is 28.8 Å². The first-order chi connectivity index (χ1) is 12.3. The van der Waals surface area contributed by atoms with Gasteiger partial charge in [0, 0.05) is 12.1 Å². The highest BCUT2D eigenvalue weighted by Gasteiger charge is 2.16. The van der Waals surface area contributed by atoms with Gasteiger partial charge in [0.25, 0.3) is 0 Å². The average Bonchev–Trinajstić information content (AvgIpc) is 3.39. The molecule has 0 N–H and O–H groups in total. The second-order valence-corrected chi connectivity index (χ2v) is 6.24. The number of thioether (sulfide) groups is 1. The summed E-state index contributed by atoms with van der Waals surface area (Å²) < 4.78 is 13.3. The summed E-state index contributed by atoms with van der Waals surface area (Å²) in [5.41, 5.74) is 1.02. The van der Waals surface area contributed by atoms with E-state index >= 15 is 0 Å². The lowest BCUT2D eigenvalue weighted by molar-refractivity contribution is 0.529. The van der Waals surface area contributed by atoms with E-state index in [0.29, 0.717) is 17.4 Å². The second kappa shape index (κ2) is 6.98. The van der Waals surface area contributed by atoms with Crippen LogP contribution in [-0.4, -0.2) is 19.7 Å². The SMILES string of the molecule is CCn1c(SCc2ncc(-c3ccccc3)o2)nnc1-c1ccco1. The van der Waals surface area contributed by atoms with E-state index in [-0.39, 0.29) is 0 Å². The Morgan fingerprint density at radius 3 is 2.68 bits per heavy atom. The topological polar surface area (TPSA) is 69.9 Å². The number of oxazole rings is 1. The van der Waals surface area contributed by atoms with E-state index in [9.17, 15) is 0 Å². The van der Waals surface area contributed by atoms with Crippen LogP contribution in [0.3, 0.4) is 0 Å². The van der Waals surface area contributed by atoms with Crippen molar-refractivity contribution in [3.8, 4) is 22.9 Å². The van der Waals surface area contributed by atoms with Crippen molar-refractivity contribution in [2.45, 2.75) is 24.4 Å². The Morgan fingerprint density at radius 1 is 1.04 bits per heavy atom. The summed E-state index contributed by atoms with van der Waals surface area (Å²) in [7, 11) is 0. The van der Waals surface area contributed by atoms with Gasteiger partial charge in [-0.05, 0) is 19.1 Å². The number of rotatable bonds is 6. The predicted molar refractivity (Wildman–Crippen MR) is 94.9 cm³/mol. The van der Waals surface area contributed by atoms with Crippen LogP contribution in [-0.2, 0) is 12.3 Å². The first-order valence-electron chi connectivity index (χ1n) is 7.95. The van der Waals surface area contributed by atoms with Gasteiger partial charge in [-0.1, -0.05) is 42.1 Å². The standard InChI is InChI=1S/C18H16N4O2S/c1-2-22-17(14-9-6-10-23-14)20-21-18(22)25-12-16-19-11-15(24-16)13-7-4-3-5-8-13/h3-11H,2,12H2,1H3. The van der Waals surface area contributed by atoms with Crippen LogP contribution in [0.5, 0.6) is 0 Å². The minimum absolute atomic E-state index is 0.586. The van der Waals surface area contributed by atoms with Crippen molar-refractivity contribution in [2.75, 3.05) is 0 Å². The molecule has 6 nitrogen and oxygen atoms in total. The lowest BCUT2D eigenvalue weighted by Gasteiger charge is -2.04. The van der Waals surface area contributed by atoms with Gasteiger partial charge in [-0.25, -0.2) is 4.98 Å². The van der Waals surface area contributed by atoms with Crippen LogP contribution >= 0.6 is 11.8 Å². The molecule has 0 bridgehead atoms. The Labute approximate surface area is 148 Å². The van der Waals surface area contributed by atoms with Crippen molar-refractivity contribution in [1.82, 2.24) is 19.7 Å². The van der Waals surface area contributed by atoms with Crippen molar-refractivity contribution >= 4 is 11.8 Å². The van der Waals surface area contributed by atoms with Crippen molar-refractivity contribution in [3.63, 3.8) is 0 Å². The third-order valence-corrected chi connectivity index (χ3v) is 4.66. The Morgan fingerprint density at radius 2 is 1.92 bits per heavy atom. The highest BCUT2D eigenvalue weighted by molar-refractivity contribution is 7.98. The van der Waals surface area contributed by atoms with E-state index in [4.69, 9.17) is 8.83 Å². The van der Waals surface area contributed by atoms with E-state index in [1.54, 1.807) is 24.2 Å². The molecule has 0 aliphatic carbocycles. The van der Waals surface area contributed by atoms with E-state index < -0.39 is 0 Å². The van der Waals surface area contributed by atoms with Crippen LogP contribution in [0.1, 0.15) is 12.8 Å². The zero-order valence-corrected chi connectivity index (χ0v) is 14.4. The second-order valence-electron chi connectivity index (χ2n) is 5.30. The summed E-state index contributed by atoms with van der Waals surface area (Å²) >= 11 is 1.54. The van der Waals surface area contributed by atoms with E-state index in [1.165, 1.54) is 0 Å². The summed E-state index contributed by atoms with van der Waals surface area (Å²) in [6, 6.07) is 13.7. The molecule has 3 heterocycles. The third kappa shape index (κ3) is 3.23. The number of nitrogens with zero attached hydrogens (tertiary/aromatic N) is 4. The van der Waals surface area contributed by atoms with Gasteiger partial charge in [0.05, 0.1) is 18.2 Å². The van der Waals surface area contributed by atoms with Crippen LogP contribution in [0, 0.1) is 0 Å². The summed E-state index contributed by atoms with van der Waals surface area (Å²) in [6.07, 6.45) is 3.39. The first-order valence-corrected chi connectivity index (χ1v) is 8.93. The third-order valence-electron chi connectivity index (χ3n) is 3.71. The van der Waals surface area contributed by atoms with Crippen molar-refractivity contribution in [1.29, 1.82) is 0 Å². The highest BCUT2D eigenvalue weighted by Crippen LogP contribution is 2.28. The molecule has 0 radical (unpaired) electrons. The fourth-order valence-corrected chi connectivity index (χ4v) is 3.36. The van der Waals surface area contributed by atoms with Gasteiger partial charge in [0.1, 0.15) is 0 Å². The highest BCUT2D eigenvalue weighted by atomic mass is 32.2. The zero-order chi connectivity index (χ0) is 17.1. The summed E-state index contributed by atoms with van der Waals surface area (Å²) in [4.78, 5) is 4.36. The molecule has 0 spiro atoms. The minimum atomic E-state index is 0.586. The molecular formula is C18H16N4O2S. The molecule has 4 rings (SSSR count). The molecule has 0 amide bonds. The lowest BCUT2D eigenvalue weighted by Crippen LogP contribution is -1.99. The molecule has 0 saturated carbocycles. The number of hydrogen-bond donors (Lipinski definition) is 0. The predicted octanol–water partition coefficient (Wildman–Crippen LogP) is 4.51. The van der Waals surface area contributed by atoms with Gasteiger partial charge in [0.2, 0.25) is 5.89 Å². The molecule has 0 aliphatic rings. The van der Waals surface area contributed by atoms with Crippen molar-refractivity contribution in [2.24, 2.45) is 0 Å². The van der Waals surface area contributed by atoms with Gasteiger partial charge in [-0.2, -0.15) is 0 Å². The minimum Gasteiger partial charge on any atom is -0.461 e. The summed E-state index contributed by atoms with van der Waals surface area (Å²) in [5.74, 6) is 3.46. The first kappa shape index (κ1) is 15.7. The van der Waals surface area contributed by atoms with Crippen molar-refractivity contribution < 1.29 is 8.83 Å². The molecule has 0 fully saturated rings. The molecule has 3 aromatic heterocycles. The molecule has 126 valence electrons. The van der Waals surface area contributed by atoms with Gasteiger partial charge in [0.15, 0.2) is 22.5 Å². The summed E-state index contributed by atoms with van der Waals surface area (Å²) in [5, 5.41) is 9.32. The molecule has 0 unspecified atom stereocenters. The largest absolute Gasteiger partial charge is 0.461 e. The van der Waals surface area contributed by atoms with Crippen LogP contribution in [0.4, 0.5) is 0 Å². The Balaban J connectivity index is 1.50. The smallest absolute Gasteiger partial charge is 0.205 e. The van der Waals surface area contributed by atoms with Crippen molar-refractivity contribution in [3.05, 3.63) is 60.8 Å². The van der Waals surface area contributed by atoms with Crippen LogP contribution in [0.15, 0.2) is 68.9 Å². The fraction of sp³-hybridized carbons (Fsp3) is 0.167. The van der Waals surface area contributed by atoms with Crippen LogP contribution in [0.2, 0.25) is 0 Å². The number of hydrogen-bond acceptors (Lipinski definition) is 6. The molecule has 25 heavy (non-hydrogen) atoms. The van der Waals surface area contributed by atoms with Gasteiger partial charge in [-0.3, -0.25) is 4.57 Å². The van der Waals surface area contributed by atoms with Crippen LogP contribution in [0.25, 0.3) is 22.9 Å². The molecule has 0 atom stereocenters. The van der Waals surface area contributed by atoms with Crippen LogP contribution < -0.4 is 0 Å². The average molecular weight is 352 g/mol. The molecule has 4 aromatic rings. The maximum atomic E-state index is 5.84. The Kier molecular flexibility index (Phi) is 4.39. The molecular weight excluding hydrogens is 336 g/mol. The van der Waals surface area contributed by atoms with E-state index in [2.05, 4.69) is 22.1 Å². The van der Waals surface area contributed by atoms with Gasteiger partial charge < -0.3 is 8.83 Å². The molecule has 7 heteroatoms. The number of aromatic nitrogens is 4.